The van der Waals surface area contributed by atoms with Gasteiger partial charge in [-0.05, 0) is 49.9 Å². The zero-order valence-electron chi connectivity index (χ0n) is 17.8. The zero-order chi connectivity index (χ0) is 22.8. The van der Waals surface area contributed by atoms with E-state index < -0.39 is 5.25 Å². The van der Waals surface area contributed by atoms with Crippen molar-refractivity contribution in [3.05, 3.63) is 68.9 Å². The summed E-state index contributed by atoms with van der Waals surface area (Å²) >= 11 is 4.30. The molecule has 1 aromatic carbocycles. The lowest BCUT2D eigenvalue weighted by Gasteiger charge is -2.18. The fourth-order valence-electron chi connectivity index (χ4n) is 3.36. The normalized spacial score (nSPS) is 13.2. The van der Waals surface area contributed by atoms with Gasteiger partial charge in [-0.15, -0.1) is 22.7 Å². The second-order valence-electron chi connectivity index (χ2n) is 7.29. The maximum atomic E-state index is 13.3. The number of hydrogen-bond acceptors (Lipinski definition) is 6. The van der Waals surface area contributed by atoms with Crippen LogP contribution in [0.5, 0.6) is 0 Å². The predicted octanol–water partition coefficient (Wildman–Crippen LogP) is 5.70. The van der Waals surface area contributed by atoms with Crippen LogP contribution in [-0.4, -0.2) is 20.7 Å². The zero-order valence-corrected chi connectivity index (χ0v) is 20.2. The van der Waals surface area contributed by atoms with Crippen LogP contribution in [0.1, 0.15) is 32.4 Å². The molecule has 2 atom stereocenters. The highest BCUT2D eigenvalue weighted by Crippen LogP contribution is 2.35. The summed E-state index contributed by atoms with van der Waals surface area (Å²) in [6.07, 6.45) is 0. The lowest BCUT2D eigenvalue weighted by molar-refractivity contribution is -0.120. The Kier molecular flexibility index (Phi) is 6.78. The van der Waals surface area contributed by atoms with Crippen LogP contribution < -0.4 is 10.9 Å². The molecule has 4 rings (SSSR count). The van der Waals surface area contributed by atoms with Crippen molar-refractivity contribution in [2.45, 2.75) is 43.8 Å². The number of nitrogens with zero attached hydrogens (tertiary/aromatic N) is 2. The average molecular weight is 488 g/mol. The molecule has 3 aromatic heterocycles. The SMILES string of the molecule is CCn1c(S[C@H](C)C(=O)N[C@@H](C)c2ccc(F)cc2)nc2scc(-c3cccs3)c2c1=O. The van der Waals surface area contributed by atoms with Crippen molar-refractivity contribution in [1.82, 2.24) is 14.9 Å². The maximum Gasteiger partial charge on any atom is 0.263 e. The van der Waals surface area contributed by atoms with E-state index in [0.29, 0.717) is 21.9 Å². The molecule has 0 aliphatic carbocycles. The summed E-state index contributed by atoms with van der Waals surface area (Å²) < 4.78 is 14.8. The fourth-order valence-corrected chi connectivity index (χ4v) is 6.15. The number of thioether (sulfide) groups is 1. The van der Waals surface area contributed by atoms with Gasteiger partial charge in [-0.1, -0.05) is 30.0 Å². The summed E-state index contributed by atoms with van der Waals surface area (Å²) in [6.45, 7) is 6.01. The van der Waals surface area contributed by atoms with E-state index in [4.69, 9.17) is 4.98 Å². The molecule has 0 fully saturated rings. The molecule has 0 spiro atoms. The predicted molar refractivity (Wildman–Crippen MR) is 131 cm³/mol. The lowest BCUT2D eigenvalue weighted by atomic mass is 10.1. The quantitative estimate of drug-likeness (QED) is 0.268. The Morgan fingerprint density at radius 3 is 2.62 bits per heavy atom. The third-order valence-corrected chi connectivity index (χ3v) is 8.01. The van der Waals surface area contributed by atoms with Crippen LogP contribution in [0.25, 0.3) is 20.7 Å². The van der Waals surface area contributed by atoms with E-state index in [2.05, 4.69) is 5.32 Å². The highest BCUT2D eigenvalue weighted by Gasteiger charge is 2.22. The van der Waals surface area contributed by atoms with Gasteiger partial charge in [0.1, 0.15) is 10.6 Å². The van der Waals surface area contributed by atoms with Gasteiger partial charge in [0.05, 0.1) is 16.7 Å². The van der Waals surface area contributed by atoms with E-state index in [9.17, 15) is 14.0 Å². The molecule has 5 nitrogen and oxygen atoms in total. The van der Waals surface area contributed by atoms with Crippen LogP contribution >= 0.6 is 34.4 Å². The number of carbonyl (C=O) groups is 1. The Bertz CT molecular complexity index is 1300. The number of amides is 1. The molecule has 32 heavy (non-hydrogen) atoms. The number of carbonyl (C=O) groups excluding carboxylic acids is 1. The Morgan fingerprint density at radius 2 is 1.97 bits per heavy atom. The number of hydrogen-bond donors (Lipinski definition) is 1. The van der Waals surface area contributed by atoms with Gasteiger partial charge in [-0.3, -0.25) is 14.2 Å². The van der Waals surface area contributed by atoms with Crippen LogP contribution in [0.15, 0.2) is 57.1 Å². The fraction of sp³-hybridized carbons (Fsp3) is 0.261. The molecule has 4 aromatic rings. The molecular formula is C23H22FN3O2S3. The second kappa shape index (κ2) is 9.56. The van der Waals surface area contributed by atoms with Crippen molar-refractivity contribution in [3.8, 4) is 10.4 Å². The van der Waals surface area contributed by atoms with Gasteiger partial charge in [-0.2, -0.15) is 0 Å². The van der Waals surface area contributed by atoms with Crippen LogP contribution in [0, 0.1) is 5.82 Å². The first-order valence-corrected chi connectivity index (χ1v) is 12.8. The first-order chi connectivity index (χ1) is 15.4. The second-order valence-corrected chi connectivity index (χ2v) is 10.4. The maximum absolute atomic E-state index is 13.3. The van der Waals surface area contributed by atoms with Gasteiger partial charge in [0.2, 0.25) is 5.91 Å². The molecule has 0 radical (unpaired) electrons. The van der Waals surface area contributed by atoms with Gasteiger partial charge in [0, 0.05) is 22.4 Å². The van der Waals surface area contributed by atoms with E-state index in [1.165, 1.54) is 35.2 Å². The molecule has 0 saturated carbocycles. The molecule has 0 saturated heterocycles. The van der Waals surface area contributed by atoms with Crippen LogP contribution in [-0.2, 0) is 11.3 Å². The summed E-state index contributed by atoms with van der Waals surface area (Å²) in [6, 6.07) is 9.77. The molecule has 1 amide bonds. The monoisotopic (exact) mass is 487 g/mol. The standard InChI is InChI=1S/C23H22FN3O2S3/c1-4-27-22(29)19-17(18-6-5-11-30-18)12-31-21(19)26-23(27)32-14(3)20(28)25-13(2)15-7-9-16(24)10-8-15/h5-14H,4H2,1-3H3,(H,25,28)/t13-,14+/m0/s1. The van der Waals surface area contributed by atoms with E-state index in [1.807, 2.05) is 36.7 Å². The number of aromatic nitrogens is 2. The van der Waals surface area contributed by atoms with Crippen LogP contribution in [0.2, 0.25) is 0 Å². The topological polar surface area (TPSA) is 64.0 Å². The Hall–Kier alpha value is -2.49. The van der Waals surface area contributed by atoms with Crippen LogP contribution in [0.4, 0.5) is 4.39 Å². The third-order valence-electron chi connectivity index (χ3n) is 5.14. The summed E-state index contributed by atoms with van der Waals surface area (Å²) in [5, 5.41) is 7.61. The molecule has 1 N–H and O–H groups in total. The van der Waals surface area contributed by atoms with Crippen molar-refractivity contribution in [2.24, 2.45) is 0 Å². The van der Waals surface area contributed by atoms with Crippen molar-refractivity contribution in [2.75, 3.05) is 0 Å². The van der Waals surface area contributed by atoms with E-state index in [-0.39, 0.29) is 23.3 Å². The summed E-state index contributed by atoms with van der Waals surface area (Å²) in [5.41, 5.74) is 1.65. The first-order valence-electron chi connectivity index (χ1n) is 10.2. The number of thiophene rings is 2. The van der Waals surface area contributed by atoms with Gasteiger partial charge in [-0.25, -0.2) is 9.37 Å². The number of benzene rings is 1. The molecule has 3 heterocycles. The van der Waals surface area contributed by atoms with Crippen molar-refractivity contribution in [3.63, 3.8) is 0 Å². The number of fused-ring (bicyclic) bond motifs is 1. The molecule has 0 bridgehead atoms. The minimum atomic E-state index is -0.461. The minimum Gasteiger partial charge on any atom is -0.349 e. The highest BCUT2D eigenvalue weighted by molar-refractivity contribution is 8.00. The van der Waals surface area contributed by atoms with E-state index in [0.717, 1.165) is 16.0 Å². The summed E-state index contributed by atoms with van der Waals surface area (Å²) in [5.74, 6) is -0.486. The van der Waals surface area contributed by atoms with Crippen molar-refractivity contribution in [1.29, 1.82) is 0 Å². The molecule has 9 heteroatoms. The molecule has 166 valence electrons. The van der Waals surface area contributed by atoms with Crippen LogP contribution in [0.3, 0.4) is 0 Å². The molecule has 0 aliphatic heterocycles. The molecule has 0 aliphatic rings. The van der Waals surface area contributed by atoms with Gasteiger partial charge < -0.3 is 5.32 Å². The Morgan fingerprint density at radius 1 is 1.22 bits per heavy atom. The minimum absolute atomic E-state index is 0.0862. The number of rotatable bonds is 7. The van der Waals surface area contributed by atoms with Crippen molar-refractivity contribution >= 4 is 50.6 Å². The Labute approximate surface area is 197 Å². The average Bonchev–Trinajstić information content (AvgIpc) is 3.44. The number of nitrogens with one attached hydrogen (secondary N) is 1. The lowest BCUT2D eigenvalue weighted by Crippen LogP contribution is -2.33. The van der Waals surface area contributed by atoms with Gasteiger partial charge >= 0.3 is 0 Å². The third kappa shape index (κ3) is 4.51. The number of halogens is 1. The van der Waals surface area contributed by atoms with Crippen molar-refractivity contribution < 1.29 is 9.18 Å². The smallest absolute Gasteiger partial charge is 0.263 e. The summed E-state index contributed by atoms with van der Waals surface area (Å²) in [7, 11) is 0. The highest BCUT2D eigenvalue weighted by atomic mass is 32.2. The van der Waals surface area contributed by atoms with E-state index >= 15 is 0 Å². The Balaban J connectivity index is 1.57. The molecular weight excluding hydrogens is 465 g/mol. The van der Waals surface area contributed by atoms with Gasteiger partial charge in [0.15, 0.2) is 5.16 Å². The van der Waals surface area contributed by atoms with E-state index in [1.54, 1.807) is 35.0 Å². The summed E-state index contributed by atoms with van der Waals surface area (Å²) in [4.78, 5) is 32.5. The first kappa shape index (κ1) is 22.7. The largest absolute Gasteiger partial charge is 0.349 e. The van der Waals surface area contributed by atoms with Gasteiger partial charge in [0.25, 0.3) is 5.56 Å². The molecule has 0 unspecified atom stereocenters.